The summed E-state index contributed by atoms with van der Waals surface area (Å²) in [4.78, 5) is 8.17. The lowest BCUT2D eigenvalue weighted by Gasteiger charge is -2.05. The Hall–Kier alpha value is -1.16. The van der Waals surface area contributed by atoms with Crippen LogP contribution in [0.4, 0.5) is 0 Å². The molecule has 0 fully saturated rings. The Morgan fingerprint density at radius 3 is 2.36 bits per heavy atom. The van der Waals surface area contributed by atoms with E-state index in [2.05, 4.69) is 23.8 Å². The zero-order chi connectivity index (χ0) is 10.4. The van der Waals surface area contributed by atoms with Crippen molar-refractivity contribution in [1.82, 2.24) is 9.97 Å². The minimum absolute atomic E-state index is 0.409. The number of nitrogens with zero attached hydrogens (tertiary/aromatic N) is 2. The molecule has 4 nitrogen and oxygen atoms in total. The van der Waals surface area contributed by atoms with Gasteiger partial charge >= 0.3 is 6.01 Å². The second-order valence-corrected chi connectivity index (χ2v) is 3.29. The van der Waals surface area contributed by atoms with E-state index in [-0.39, 0.29) is 0 Å². The van der Waals surface area contributed by atoms with Crippen molar-refractivity contribution < 1.29 is 9.47 Å². The normalized spacial score (nSPS) is 10.6. The third kappa shape index (κ3) is 3.30. The lowest BCUT2D eigenvalue weighted by atomic mass is 10.1. The molecule has 1 aromatic heterocycles. The van der Waals surface area contributed by atoms with Crippen LogP contribution in [-0.2, 0) is 4.74 Å². The van der Waals surface area contributed by atoms with Crippen molar-refractivity contribution in [2.45, 2.75) is 19.8 Å². The fourth-order valence-corrected chi connectivity index (χ4v) is 0.915. The fraction of sp³-hybridized carbons (Fsp3) is 0.600. The number of rotatable bonds is 5. The molecule has 0 bridgehead atoms. The molecule has 0 amide bonds. The zero-order valence-corrected chi connectivity index (χ0v) is 8.86. The third-order valence-electron chi connectivity index (χ3n) is 1.83. The van der Waals surface area contributed by atoms with Gasteiger partial charge in [-0.2, -0.15) is 0 Å². The van der Waals surface area contributed by atoms with Crippen molar-refractivity contribution >= 4 is 0 Å². The number of ether oxygens (including phenoxy) is 2. The Kier molecular flexibility index (Phi) is 4.32. The van der Waals surface area contributed by atoms with Gasteiger partial charge < -0.3 is 9.47 Å². The predicted molar refractivity (Wildman–Crippen MR) is 53.5 cm³/mol. The van der Waals surface area contributed by atoms with Crippen LogP contribution in [0.2, 0.25) is 0 Å². The monoisotopic (exact) mass is 196 g/mol. The molecule has 14 heavy (non-hydrogen) atoms. The lowest BCUT2D eigenvalue weighted by Crippen LogP contribution is -2.06. The molecule has 0 saturated heterocycles. The van der Waals surface area contributed by atoms with Gasteiger partial charge in [-0.05, 0) is 11.5 Å². The summed E-state index contributed by atoms with van der Waals surface area (Å²) in [6.07, 6.45) is 3.58. The SMILES string of the molecule is COCCOc1ncc(C(C)C)cn1. The minimum Gasteiger partial charge on any atom is -0.461 e. The van der Waals surface area contributed by atoms with Gasteiger partial charge in [0, 0.05) is 19.5 Å². The molecule has 0 saturated carbocycles. The van der Waals surface area contributed by atoms with Gasteiger partial charge in [-0.25, -0.2) is 9.97 Å². The highest BCUT2D eigenvalue weighted by atomic mass is 16.5. The van der Waals surface area contributed by atoms with Crippen LogP contribution in [0.1, 0.15) is 25.3 Å². The minimum atomic E-state index is 0.409. The van der Waals surface area contributed by atoms with E-state index in [1.807, 2.05) is 0 Å². The van der Waals surface area contributed by atoms with Gasteiger partial charge in [0.15, 0.2) is 0 Å². The molecular formula is C10H16N2O2. The Morgan fingerprint density at radius 2 is 1.86 bits per heavy atom. The smallest absolute Gasteiger partial charge is 0.316 e. The molecule has 0 aliphatic heterocycles. The molecule has 0 unspecified atom stereocenters. The Morgan fingerprint density at radius 1 is 1.21 bits per heavy atom. The molecular weight excluding hydrogens is 180 g/mol. The number of hydrogen-bond acceptors (Lipinski definition) is 4. The summed E-state index contributed by atoms with van der Waals surface area (Å²) in [6, 6.07) is 0.409. The maximum absolute atomic E-state index is 5.23. The molecule has 1 aromatic rings. The van der Waals surface area contributed by atoms with Gasteiger partial charge in [0.1, 0.15) is 6.61 Å². The Labute approximate surface area is 84.3 Å². The van der Waals surface area contributed by atoms with E-state index >= 15 is 0 Å². The highest BCUT2D eigenvalue weighted by Gasteiger charge is 2.01. The maximum atomic E-state index is 5.23. The first-order valence-corrected chi connectivity index (χ1v) is 4.67. The van der Waals surface area contributed by atoms with Gasteiger partial charge in [0.05, 0.1) is 6.61 Å². The van der Waals surface area contributed by atoms with Crippen molar-refractivity contribution in [3.8, 4) is 6.01 Å². The number of methoxy groups -OCH3 is 1. The second kappa shape index (κ2) is 5.54. The largest absolute Gasteiger partial charge is 0.461 e. The molecule has 0 radical (unpaired) electrons. The fourth-order valence-electron chi connectivity index (χ4n) is 0.915. The highest BCUT2D eigenvalue weighted by molar-refractivity contribution is 5.11. The molecule has 4 heteroatoms. The summed E-state index contributed by atoms with van der Waals surface area (Å²) in [5.41, 5.74) is 1.11. The summed E-state index contributed by atoms with van der Waals surface area (Å²) in [5.74, 6) is 0.447. The summed E-state index contributed by atoms with van der Waals surface area (Å²) < 4.78 is 10.1. The van der Waals surface area contributed by atoms with E-state index in [1.165, 1.54) is 0 Å². The van der Waals surface area contributed by atoms with Gasteiger partial charge in [0.2, 0.25) is 0 Å². The van der Waals surface area contributed by atoms with Crippen molar-refractivity contribution in [1.29, 1.82) is 0 Å². The van der Waals surface area contributed by atoms with Crippen molar-refractivity contribution in [3.63, 3.8) is 0 Å². The van der Waals surface area contributed by atoms with E-state index < -0.39 is 0 Å². The van der Waals surface area contributed by atoms with Crippen LogP contribution in [0.3, 0.4) is 0 Å². The summed E-state index contributed by atoms with van der Waals surface area (Å²) >= 11 is 0. The second-order valence-electron chi connectivity index (χ2n) is 3.29. The molecule has 0 spiro atoms. The molecule has 0 atom stereocenters. The molecule has 0 N–H and O–H groups in total. The van der Waals surface area contributed by atoms with Crippen molar-refractivity contribution in [2.75, 3.05) is 20.3 Å². The molecule has 0 aromatic carbocycles. The average molecular weight is 196 g/mol. The van der Waals surface area contributed by atoms with Gasteiger partial charge in [0.25, 0.3) is 0 Å². The summed E-state index contributed by atoms with van der Waals surface area (Å²) in [6.45, 7) is 5.24. The maximum Gasteiger partial charge on any atom is 0.316 e. The molecule has 1 heterocycles. The van der Waals surface area contributed by atoms with Crippen LogP contribution in [0.15, 0.2) is 12.4 Å². The number of aromatic nitrogens is 2. The highest BCUT2D eigenvalue weighted by Crippen LogP contribution is 2.12. The van der Waals surface area contributed by atoms with E-state index in [0.29, 0.717) is 25.1 Å². The lowest BCUT2D eigenvalue weighted by molar-refractivity contribution is 0.140. The van der Waals surface area contributed by atoms with Gasteiger partial charge in [-0.3, -0.25) is 0 Å². The van der Waals surface area contributed by atoms with E-state index in [4.69, 9.17) is 9.47 Å². The van der Waals surface area contributed by atoms with Crippen LogP contribution < -0.4 is 4.74 Å². The first kappa shape index (κ1) is 10.9. The Bertz CT molecular complexity index is 259. The standard InChI is InChI=1S/C10H16N2O2/c1-8(2)9-6-11-10(12-7-9)14-5-4-13-3/h6-8H,4-5H2,1-3H3. The predicted octanol–water partition coefficient (Wildman–Crippen LogP) is 1.63. The van der Waals surface area contributed by atoms with Gasteiger partial charge in [-0.15, -0.1) is 0 Å². The third-order valence-corrected chi connectivity index (χ3v) is 1.83. The van der Waals surface area contributed by atoms with Crippen LogP contribution >= 0.6 is 0 Å². The Balaban J connectivity index is 2.47. The van der Waals surface area contributed by atoms with Gasteiger partial charge in [-0.1, -0.05) is 13.8 Å². The first-order chi connectivity index (χ1) is 6.74. The molecule has 0 aliphatic carbocycles. The first-order valence-electron chi connectivity index (χ1n) is 4.67. The van der Waals surface area contributed by atoms with Crippen LogP contribution in [0.5, 0.6) is 6.01 Å². The van der Waals surface area contributed by atoms with Crippen molar-refractivity contribution in [3.05, 3.63) is 18.0 Å². The van der Waals surface area contributed by atoms with Crippen LogP contribution in [0.25, 0.3) is 0 Å². The van der Waals surface area contributed by atoms with E-state index in [0.717, 1.165) is 5.56 Å². The van der Waals surface area contributed by atoms with Crippen LogP contribution in [0, 0.1) is 0 Å². The molecule has 1 rings (SSSR count). The number of hydrogen-bond donors (Lipinski definition) is 0. The van der Waals surface area contributed by atoms with E-state index in [9.17, 15) is 0 Å². The summed E-state index contributed by atoms with van der Waals surface area (Å²) in [7, 11) is 1.63. The van der Waals surface area contributed by atoms with Crippen molar-refractivity contribution in [2.24, 2.45) is 0 Å². The van der Waals surface area contributed by atoms with Crippen LogP contribution in [-0.4, -0.2) is 30.3 Å². The zero-order valence-electron chi connectivity index (χ0n) is 8.86. The average Bonchev–Trinajstić information content (AvgIpc) is 2.19. The molecule has 78 valence electrons. The quantitative estimate of drug-likeness (QED) is 0.671. The topological polar surface area (TPSA) is 44.2 Å². The summed E-state index contributed by atoms with van der Waals surface area (Å²) in [5, 5.41) is 0. The molecule has 0 aliphatic rings. The van der Waals surface area contributed by atoms with E-state index in [1.54, 1.807) is 19.5 Å².